The fraction of sp³-hybridized carbons (Fsp3) is 0.519. The van der Waals surface area contributed by atoms with E-state index in [1.165, 1.54) is 5.56 Å². The van der Waals surface area contributed by atoms with Crippen molar-refractivity contribution >= 4 is 23.2 Å². The maximum absolute atomic E-state index is 10.4. The molecule has 4 heteroatoms. The fourth-order valence-electron chi connectivity index (χ4n) is 5.00. The van der Waals surface area contributed by atoms with Crippen LogP contribution in [0.1, 0.15) is 64.0 Å². The normalized spacial score (nSPS) is 16.8. The number of halogens is 2. The van der Waals surface area contributed by atoms with E-state index in [0.29, 0.717) is 28.0 Å². The molecule has 0 bridgehead atoms. The van der Waals surface area contributed by atoms with E-state index < -0.39 is 5.41 Å². The van der Waals surface area contributed by atoms with Crippen LogP contribution in [0, 0.1) is 17.2 Å². The van der Waals surface area contributed by atoms with Crippen molar-refractivity contribution in [1.29, 1.82) is 5.26 Å². The minimum Gasteiger partial charge on any atom is -0.298 e. The molecule has 0 saturated heterocycles. The Labute approximate surface area is 198 Å². The molecule has 2 nitrogen and oxygen atoms in total. The van der Waals surface area contributed by atoms with E-state index in [9.17, 15) is 5.26 Å². The van der Waals surface area contributed by atoms with E-state index in [-0.39, 0.29) is 0 Å². The first-order chi connectivity index (χ1) is 14.9. The summed E-state index contributed by atoms with van der Waals surface area (Å²) in [5.41, 5.74) is 1.62. The van der Waals surface area contributed by atoms with E-state index >= 15 is 0 Å². The summed E-state index contributed by atoms with van der Waals surface area (Å²) in [5.74, 6) is 0.351. The Bertz CT molecular complexity index is 866. The molecule has 0 radical (unpaired) electrons. The van der Waals surface area contributed by atoms with Crippen molar-refractivity contribution in [3.63, 3.8) is 0 Å². The van der Waals surface area contributed by atoms with Crippen LogP contribution in [0.5, 0.6) is 0 Å². The van der Waals surface area contributed by atoms with Crippen LogP contribution in [-0.2, 0) is 11.8 Å². The molecule has 166 valence electrons. The van der Waals surface area contributed by atoms with Crippen molar-refractivity contribution in [2.75, 3.05) is 6.54 Å². The van der Waals surface area contributed by atoms with Gasteiger partial charge in [-0.05, 0) is 76.0 Å². The van der Waals surface area contributed by atoms with Crippen molar-refractivity contribution in [3.8, 4) is 6.07 Å². The van der Waals surface area contributed by atoms with Gasteiger partial charge in [-0.15, -0.1) is 0 Å². The van der Waals surface area contributed by atoms with E-state index in [1.54, 1.807) is 0 Å². The molecule has 31 heavy (non-hydrogen) atoms. The number of nitriles is 1. The quantitative estimate of drug-likeness (QED) is 0.346. The standard InChI is InChI=1S/C27H34Cl2N2/c1-4-23(31(20(2)3)18-16-21-9-6-5-7-10-21)15-17-27(19-30,22-13-14-22)26-24(28)11-8-12-25(26)29/h5-12,20,22-23H,4,13-18H2,1-3H3. The molecule has 0 spiro atoms. The Balaban J connectivity index is 1.79. The third-order valence-electron chi connectivity index (χ3n) is 6.86. The SMILES string of the molecule is CCC(CCC(C#N)(c1c(Cl)cccc1Cl)C1CC1)N(CCc1ccccc1)C(C)C. The molecular formula is C27H34Cl2N2. The third-order valence-corrected chi connectivity index (χ3v) is 7.49. The van der Waals surface area contributed by atoms with E-state index in [0.717, 1.165) is 50.6 Å². The summed E-state index contributed by atoms with van der Waals surface area (Å²) in [6.07, 6.45) is 6.02. The van der Waals surface area contributed by atoms with Crippen LogP contribution < -0.4 is 0 Å². The number of benzene rings is 2. The molecule has 2 aromatic rings. The van der Waals surface area contributed by atoms with Gasteiger partial charge in [0.1, 0.15) is 0 Å². The van der Waals surface area contributed by atoms with Crippen molar-refractivity contribution in [2.45, 2.75) is 76.8 Å². The molecule has 1 fully saturated rings. The lowest BCUT2D eigenvalue weighted by molar-refractivity contribution is 0.135. The fourth-order valence-corrected chi connectivity index (χ4v) is 5.74. The Morgan fingerprint density at radius 3 is 2.23 bits per heavy atom. The first-order valence-corrected chi connectivity index (χ1v) is 12.3. The Morgan fingerprint density at radius 2 is 1.71 bits per heavy atom. The molecule has 2 unspecified atom stereocenters. The van der Waals surface area contributed by atoms with Crippen molar-refractivity contribution in [3.05, 3.63) is 69.7 Å². The summed E-state index contributed by atoms with van der Waals surface area (Å²) < 4.78 is 0. The van der Waals surface area contributed by atoms with E-state index in [4.69, 9.17) is 23.2 Å². The maximum atomic E-state index is 10.4. The number of hydrogen-bond acceptors (Lipinski definition) is 2. The zero-order valence-corrected chi connectivity index (χ0v) is 20.5. The molecule has 0 heterocycles. The van der Waals surface area contributed by atoms with Crippen LogP contribution in [0.4, 0.5) is 0 Å². The minimum atomic E-state index is -0.592. The van der Waals surface area contributed by atoms with Crippen LogP contribution in [0.3, 0.4) is 0 Å². The average molecular weight is 457 g/mol. The van der Waals surface area contributed by atoms with Gasteiger partial charge in [-0.1, -0.05) is 66.5 Å². The molecule has 0 amide bonds. The molecule has 2 aromatic carbocycles. The summed E-state index contributed by atoms with van der Waals surface area (Å²) in [5, 5.41) is 11.6. The highest BCUT2D eigenvalue weighted by Gasteiger charge is 2.49. The lowest BCUT2D eigenvalue weighted by Crippen LogP contribution is -2.42. The predicted molar refractivity (Wildman–Crippen MR) is 132 cm³/mol. The second-order valence-corrected chi connectivity index (χ2v) is 9.94. The Hall–Kier alpha value is -1.53. The molecule has 1 aliphatic rings. The third kappa shape index (κ3) is 5.64. The van der Waals surface area contributed by atoms with Gasteiger partial charge in [0.2, 0.25) is 0 Å². The molecule has 1 saturated carbocycles. The van der Waals surface area contributed by atoms with Crippen molar-refractivity contribution in [1.82, 2.24) is 4.90 Å². The van der Waals surface area contributed by atoms with Crippen LogP contribution in [0.2, 0.25) is 10.0 Å². The lowest BCUT2D eigenvalue weighted by Gasteiger charge is -2.37. The van der Waals surface area contributed by atoms with Crippen LogP contribution >= 0.6 is 23.2 Å². The van der Waals surface area contributed by atoms with Crippen LogP contribution in [0.25, 0.3) is 0 Å². The average Bonchev–Trinajstić information content (AvgIpc) is 3.60. The Kier molecular flexibility index (Phi) is 8.45. The summed E-state index contributed by atoms with van der Waals surface area (Å²) >= 11 is 13.2. The smallest absolute Gasteiger partial charge is 0.0879 e. The number of nitrogens with zero attached hydrogens (tertiary/aromatic N) is 2. The number of hydrogen-bond donors (Lipinski definition) is 0. The second-order valence-electron chi connectivity index (χ2n) is 9.12. The first-order valence-electron chi connectivity index (χ1n) is 11.6. The molecule has 0 aromatic heterocycles. The van der Waals surface area contributed by atoms with Crippen molar-refractivity contribution in [2.24, 2.45) is 5.92 Å². The van der Waals surface area contributed by atoms with Gasteiger partial charge in [0, 0.05) is 34.2 Å². The van der Waals surface area contributed by atoms with Crippen LogP contribution in [0.15, 0.2) is 48.5 Å². The highest BCUT2D eigenvalue weighted by Crippen LogP contribution is 2.53. The zero-order chi connectivity index (χ0) is 22.4. The molecule has 3 rings (SSSR count). The monoisotopic (exact) mass is 456 g/mol. The zero-order valence-electron chi connectivity index (χ0n) is 19.0. The summed E-state index contributed by atoms with van der Waals surface area (Å²) in [6.45, 7) is 7.83. The van der Waals surface area contributed by atoms with Gasteiger partial charge in [0.15, 0.2) is 0 Å². The summed E-state index contributed by atoms with van der Waals surface area (Å²) in [4.78, 5) is 2.61. The largest absolute Gasteiger partial charge is 0.298 e. The molecule has 0 N–H and O–H groups in total. The second kappa shape index (κ2) is 10.9. The predicted octanol–water partition coefficient (Wildman–Crippen LogP) is 7.68. The topological polar surface area (TPSA) is 27.0 Å². The van der Waals surface area contributed by atoms with Gasteiger partial charge < -0.3 is 0 Å². The first kappa shape index (κ1) is 24.1. The van der Waals surface area contributed by atoms with E-state index in [1.807, 2.05) is 18.2 Å². The Morgan fingerprint density at radius 1 is 1.06 bits per heavy atom. The summed E-state index contributed by atoms with van der Waals surface area (Å²) in [6, 6.07) is 19.9. The maximum Gasteiger partial charge on any atom is 0.0879 e. The molecule has 1 aliphatic carbocycles. The van der Waals surface area contributed by atoms with Gasteiger partial charge in [0.05, 0.1) is 11.5 Å². The van der Waals surface area contributed by atoms with Gasteiger partial charge in [-0.25, -0.2) is 0 Å². The molecule has 0 aliphatic heterocycles. The van der Waals surface area contributed by atoms with Gasteiger partial charge in [-0.2, -0.15) is 5.26 Å². The van der Waals surface area contributed by atoms with Gasteiger partial charge in [-0.3, -0.25) is 4.90 Å². The highest BCUT2D eigenvalue weighted by atomic mass is 35.5. The number of rotatable bonds is 11. The molecule has 2 atom stereocenters. The van der Waals surface area contributed by atoms with Crippen molar-refractivity contribution < 1.29 is 0 Å². The van der Waals surface area contributed by atoms with Gasteiger partial charge in [0.25, 0.3) is 0 Å². The summed E-state index contributed by atoms with van der Waals surface area (Å²) in [7, 11) is 0. The van der Waals surface area contributed by atoms with E-state index in [2.05, 4.69) is 62.1 Å². The minimum absolute atomic E-state index is 0.351. The van der Waals surface area contributed by atoms with Gasteiger partial charge >= 0.3 is 0 Å². The highest BCUT2D eigenvalue weighted by molar-refractivity contribution is 6.36. The molecular weight excluding hydrogens is 423 g/mol. The van der Waals surface area contributed by atoms with Crippen LogP contribution in [-0.4, -0.2) is 23.5 Å². The lowest BCUT2D eigenvalue weighted by atomic mass is 9.72.